The molecular weight excluding hydrogens is 610 g/mol. The summed E-state index contributed by atoms with van der Waals surface area (Å²) in [5.74, 6) is -4.26. The molecule has 4 rings (SSSR count). The molecule has 0 saturated carbocycles. The van der Waals surface area contributed by atoms with Crippen LogP contribution in [0.5, 0.6) is 0 Å². The number of nitrogens with one attached hydrogen (secondary N) is 4. The third-order valence-electron chi connectivity index (χ3n) is 6.67. The Kier molecular flexibility index (Phi) is 11.2. The second kappa shape index (κ2) is 15.3. The maximum absolute atomic E-state index is 13.9. The lowest BCUT2D eigenvalue weighted by Crippen LogP contribution is -2.41. The molecule has 0 aliphatic carbocycles. The molecule has 4 amide bonds. The van der Waals surface area contributed by atoms with Gasteiger partial charge in [-0.3, -0.25) is 33.8 Å². The van der Waals surface area contributed by atoms with Crippen LogP contribution in [0.3, 0.4) is 0 Å². The molecule has 0 atom stereocenters. The van der Waals surface area contributed by atoms with Gasteiger partial charge in [-0.1, -0.05) is 0 Å². The zero-order valence-electron chi connectivity index (χ0n) is 24.6. The number of aromatic nitrogens is 2. The lowest BCUT2D eigenvalue weighted by Gasteiger charge is -2.26. The Hall–Kier alpha value is -4.80. The maximum atomic E-state index is 13.9. The van der Waals surface area contributed by atoms with Crippen LogP contribution < -0.4 is 20.7 Å². The lowest BCUT2D eigenvalue weighted by molar-refractivity contribution is -0.112. The van der Waals surface area contributed by atoms with Crippen LogP contribution in [0.2, 0.25) is 0 Å². The third kappa shape index (κ3) is 8.87. The molecule has 3 aromatic rings. The van der Waals surface area contributed by atoms with Crippen molar-refractivity contribution in [3.05, 3.63) is 82.4 Å². The number of halogens is 2. The van der Waals surface area contributed by atoms with E-state index in [9.17, 15) is 28.0 Å². The van der Waals surface area contributed by atoms with Gasteiger partial charge in [0.1, 0.15) is 27.9 Å². The summed E-state index contributed by atoms with van der Waals surface area (Å²) >= 11 is 0.553. The van der Waals surface area contributed by atoms with E-state index in [0.717, 1.165) is 31.4 Å². The number of aliphatic imine (C=N–C) groups is 1. The topological polar surface area (TPSA) is 151 Å². The highest BCUT2D eigenvalue weighted by atomic mass is 32.2. The van der Waals surface area contributed by atoms with Gasteiger partial charge in [0.05, 0.1) is 30.2 Å². The first kappa shape index (κ1) is 33.1. The SMILES string of the molecule is C=N/C=C(\SNC(=O)c1ccc(F)cc1F)C(=O)Nc1cc(C(=O)Nc2cc(C(=O)NCCN3CCOCC3)n(C)c2)n(C)c1. The van der Waals surface area contributed by atoms with E-state index in [1.54, 1.807) is 30.9 Å². The Morgan fingerprint density at radius 3 is 2.24 bits per heavy atom. The van der Waals surface area contributed by atoms with Crippen molar-refractivity contribution in [2.45, 2.75) is 0 Å². The summed E-state index contributed by atoms with van der Waals surface area (Å²) in [6, 6.07) is 5.48. The first-order valence-electron chi connectivity index (χ1n) is 13.7. The Bertz CT molecular complexity index is 1630. The van der Waals surface area contributed by atoms with Gasteiger partial charge in [-0.15, -0.1) is 0 Å². The average Bonchev–Trinajstić information content (AvgIpc) is 3.56. The van der Waals surface area contributed by atoms with Crippen molar-refractivity contribution in [1.29, 1.82) is 0 Å². The van der Waals surface area contributed by atoms with Gasteiger partial charge < -0.3 is 29.8 Å². The van der Waals surface area contributed by atoms with Gasteiger partial charge in [-0.2, -0.15) is 0 Å². The van der Waals surface area contributed by atoms with Crippen molar-refractivity contribution < 1.29 is 32.7 Å². The van der Waals surface area contributed by atoms with Crippen molar-refractivity contribution >= 4 is 53.7 Å². The molecule has 0 radical (unpaired) electrons. The summed E-state index contributed by atoms with van der Waals surface area (Å²) in [6.45, 7) is 7.49. The lowest BCUT2D eigenvalue weighted by atomic mass is 10.2. The standard InChI is InChI=1S/C29H32F2N8O5S/c1-32-15-25(45-36-26(40)21-5-4-18(30)12-22(21)31)29(43)35-20-14-24(38(3)17-20)28(42)34-19-13-23(37(2)16-19)27(41)33-6-7-39-8-10-44-11-9-39/h4-5,12-17H,1,6-11H2,2-3H3,(H,33,41)(H,34,42)(H,35,43)(H,36,40)/b25-15-. The van der Waals surface area contributed by atoms with E-state index < -0.39 is 34.9 Å². The molecule has 1 aliphatic heterocycles. The summed E-state index contributed by atoms with van der Waals surface area (Å²) in [5, 5.41) is 8.25. The molecular formula is C29H32F2N8O5S. The molecule has 238 valence electrons. The summed E-state index contributed by atoms with van der Waals surface area (Å²) in [5.41, 5.74) is 0.816. The van der Waals surface area contributed by atoms with E-state index >= 15 is 0 Å². The fourth-order valence-electron chi connectivity index (χ4n) is 4.39. The molecule has 4 N–H and O–H groups in total. The zero-order valence-corrected chi connectivity index (χ0v) is 25.4. The Balaban J connectivity index is 1.33. The first-order chi connectivity index (χ1) is 21.5. The molecule has 16 heteroatoms. The van der Waals surface area contributed by atoms with Gasteiger partial charge in [-0.25, -0.2) is 8.78 Å². The Morgan fingerprint density at radius 2 is 1.60 bits per heavy atom. The van der Waals surface area contributed by atoms with Crippen LogP contribution in [-0.4, -0.2) is 83.8 Å². The molecule has 45 heavy (non-hydrogen) atoms. The molecule has 3 heterocycles. The number of aryl methyl sites for hydroxylation is 2. The highest BCUT2D eigenvalue weighted by Crippen LogP contribution is 2.21. The van der Waals surface area contributed by atoms with Crippen molar-refractivity contribution in [3.63, 3.8) is 0 Å². The number of nitrogens with zero attached hydrogens (tertiary/aromatic N) is 4. The molecule has 2 aromatic heterocycles. The van der Waals surface area contributed by atoms with Crippen LogP contribution in [0.4, 0.5) is 20.2 Å². The smallest absolute Gasteiger partial charge is 0.272 e. The molecule has 0 bridgehead atoms. The molecule has 1 aromatic carbocycles. The molecule has 1 fully saturated rings. The number of hydrogen-bond acceptors (Lipinski definition) is 8. The van der Waals surface area contributed by atoms with E-state index in [0.29, 0.717) is 55.7 Å². The van der Waals surface area contributed by atoms with Gasteiger partial charge >= 0.3 is 0 Å². The Morgan fingerprint density at radius 1 is 0.956 bits per heavy atom. The van der Waals surface area contributed by atoms with Crippen LogP contribution in [0, 0.1) is 11.6 Å². The molecule has 0 unspecified atom stereocenters. The van der Waals surface area contributed by atoms with Crippen molar-refractivity contribution in [3.8, 4) is 0 Å². The third-order valence-corrected chi connectivity index (χ3v) is 7.47. The summed E-state index contributed by atoms with van der Waals surface area (Å²) in [7, 11) is 3.31. The maximum Gasteiger partial charge on any atom is 0.272 e. The van der Waals surface area contributed by atoms with E-state index in [1.165, 1.54) is 16.8 Å². The monoisotopic (exact) mass is 642 g/mol. The van der Waals surface area contributed by atoms with E-state index in [4.69, 9.17) is 4.74 Å². The number of ether oxygens (including phenoxy) is 1. The molecule has 0 spiro atoms. The fraction of sp³-hybridized carbons (Fsp3) is 0.276. The predicted octanol–water partition coefficient (Wildman–Crippen LogP) is 2.51. The van der Waals surface area contributed by atoms with E-state index in [2.05, 4.69) is 37.3 Å². The number of morpholine rings is 1. The van der Waals surface area contributed by atoms with Gasteiger partial charge in [0.2, 0.25) is 0 Å². The van der Waals surface area contributed by atoms with Crippen LogP contribution in [0.15, 0.2) is 58.8 Å². The number of hydrogen-bond donors (Lipinski definition) is 4. The average molecular weight is 643 g/mol. The van der Waals surface area contributed by atoms with Crippen molar-refractivity contribution in [2.75, 3.05) is 50.0 Å². The minimum Gasteiger partial charge on any atom is -0.379 e. The summed E-state index contributed by atoms with van der Waals surface area (Å²) in [4.78, 5) is 56.7. The van der Waals surface area contributed by atoms with Gasteiger partial charge in [0.15, 0.2) is 0 Å². The quantitative estimate of drug-likeness (QED) is 0.135. The van der Waals surface area contributed by atoms with Crippen LogP contribution in [0.25, 0.3) is 0 Å². The van der Waals surface area contributed by atoms with Gasteiger partial charge in [0.25, 0.3) is 23.6 Å². The van der Waals surface area contributed by atoms with E-state index in [1.807, 2.05) is 0 Å². The number of amides is 4. The summed E-state index contributed by atoms with van der Waals surface area (Å²) in [6.07, 6.45) is 4.20. The fourth-order valence-corrected chi connectivity index (χ4v) is 4.98. The van der Waals surface area contributed by atoms with Gasteiger partial charge in [0, 0.05) is 64.9 Å². The minimum atomic E-state index is -1.06. The number of carbonyl (C=O) groups excluding carboxylic acids is 4. The molecule has 1 saturated heterocycles. The predicted molar refractivity (Wildman–Crippen MR) is 166 cm³/mol. The van der Waals surface area contributed by atoms with Crippen LogP contribution >= 0.6 is 11.9 Å². The van der Waals surface area contributed by atoms with Crippen molar-refractivity contribution in [2.24, 2.45) is 19.1 Å². The van der Waals surface area contributed by atoms with Crippen LogP contribution in [-0.2, 0) is 23.6 Å². The van der Waals surface area contributed by atoms with Crippen molar-refractivity contribution in [1.82, 2.24) is 24.1 Å². The number of benzene rings is 1. The van der Waals surface area contributed by atoms with E-state index in [-0.39, 0.29) is 22.2 Å². The second-order valence-corrected chi connectivity index (χ2v) is 10.7. The Labute approximate surface area is 261 Å². The highest BCUT2D eigenvalue weighted by Gasteiger charge is 2.20. The van der Waals surface area contributed by atoms with Gasteiger partial charge in [-0.05, 0) is 42.9 Å². The number of carbonyl (C=O) groups is 4. The zero-order chi connectivity index (χ0) is 32.5. The second-order valence-electron chi connectivity index (χ2n) is 9.90. The molecule has 1 aliphatic rings. The number of rotatable bonds is 12. The normalized spacial score (nSPS) is 13.6. The molecule has 13 nitrogen and oxygen atoms in total. The minimum absolute atomic E-state index is 0.101. The highest BCUT2D eigenvalue weighted by molar-refractivity contribution is 8.02. The first-order valence-corrected chi connectivity index (χ1v) is 14.5. The van der Waals surface area contributed by atoms with Crippen LogP contribution in [0.1, 0.15) is 31.3 Å². The number of anilines is 2. The largest absolute Gasteiger partial charge is 0.379 e. The summed E-state index contributed by atoms with van der Waals surface area (Å²) < 4.78 is 37.8.